The van der Waals surface area contributed by atoms with Gasteiger partial charge in [0.05, 0.1) is 16.3 Å². The van der Waals surface area contributed by atoms with Crippen LogP contribution in [0.15, 0.2) is 18.2 Å². The molecule has 0 unspecified atom stereocenters. The normalized spacial score (nSPS) is 11.6. The number of sulfonamides is 1. The lowest BCUT2D eigenvalue weighted by Gasteiger charge is -2.05. The van der Waals surface area contributed by atoms with Gasteiger partial charge in [-0.05, 0) is 11.6 Å². The highest BCUT2D eigenvalue weighted by Gasteiger charge is 2.06. The molecule has 0 amide bonds. The minimum Gasteiger partial charge on any atom is -0.213 e. The van der Waals surface area contributed by atoms with Crippen LogP contribution in [0.4, 0.5) is 0 Å². The maximum absolute atomic E-state index is 10.8. The first kappa shape index (κ1) is 11.8. The topological polar surface area (TPSA) is 46.2 Å². The largest absolute Gasteiger partial charge is 0.213 e. The summed E-state index contributed by atoms with van der Waals surface area (Å²) in [6.45, 7) is 0.151. The SMILES string of the molecule is CS(=O)(=O)NCc1cccc(Cl)c1Cl. The fourth-order valence-electron chi connectivity index (χ4n) is 0.894. The molecule has 0 spiro atoms. The Labute approximate surface area is 93.1 Å². The molecule has 0 bridgehead atoms. The zero-order chi connectivity index (χ0) is 10.8. The summed E-state index contributed by atoms with van der Waals surface area (Å²) in [5.41, 5.74) is 0.657. The van der Waals surface area contributed by atoms with E-state index in [1.165, 1.54) is 0 Å². The maximum atomic E-state index is 10.8. The Hall–Kier alpha value is -0.290. The smallest absolute Gasteiger partial charge is 0.209 e. The summed E-state index contributed by atoms with van der Waals surface area (Å²) in [5.74, 6) is 0. The summed E-state index contributed by atoms with van der Waals surface area (Å²) in [6.07, 6.45) is 1.09. The van der Waals surface area contributed by atoms with E-state index in [2.05, 4.69) is 4.72 Å². The second-order valence-corrected chi connectivity index (χ2v) is 5.42. The standard InChI is InChI=1S/C8H9Cl2NO2S/c1-14(12,13)11-5-6-3-2-4-7(9)8(6)10/h2-4,11H,5H2,1H3. The molecule has 0 saturated carbocycles. The minimum atomic E-state index is -3.20. The van der Waals surface area contributed by atoms with Crippen LogP contribution in [0, 0.1) is 0 Å². The molecule has 0 aliphatic carbocycles. The van der Waals surface area contributed by atoms with E-state index in [-0.39, 0.29) is 6.54 Å². The van der Waals surface area contributed by atoms with Crippen molar-refractivity contribution in [2.45, 2.75) is 6.54 Å². The molecule has 0 saturated heterocycles. The number of hydrogen-bond donors (Lipinski definition) is 1. The van der Waals surface area contributed by atoms with E-state index in [1.807, 2.05) is 0 Å². The number of rotatable bonds is 3. The molecule has 0 fully saturated rings. The van der Waals surface area contributed by atoms with E-state index in [0.29, 0.717) is 15.6 Å². The molecule has 1 aromatic rings. The minimum absolute atomic E-state index is 0.151. The summed E-state index contributed by atoms with van der Waals surface area (Å²) in [7, 11) is -3.20. The average Bonchev–Trinajstić information content (AvgIpc) is 2.06. The van der Waals surface area contributed by atoms with Gasteiger partial charge in [0.1, 0.15) is 0 Å². The van der Waals surface area contributed by atoms with Crippen LogP contribution >= 0.6 is 23.2 Å². The van der Waals surface area contributed by atoms with Crippen LogP contribution in [0.1, 0.15) is 5.56 Å². The molecule has 1 N–H and O–H groups in total. The predicted molar refractivity (Wildman–Crippen MR) is 58.1 cm³/mol. The van der Waals surface area contributed by atoms with Crippen molar-refractivity contribution < 1.29 is 8.42 Å². The molecule has 14 heavy (non-hydrogen) atoms. The fraction of sp³-hybridized carbons (Fsp3) is 0.250. The molecule has 0 radical (unpaired) electrons. The first-order chi connectivity index (χ1) is 6.40. The molecular formula is C8H9Cl2NO2S. The third-order valence-electron chi connectivity index (χ3n) is 1.56. The Kier molecular flexibility index (Phi) is 3.78. The molecule has 0 aliphatic heterocycles. The number of benzene rings is 1. The Morgan fingerprint density at radius 2 is 2.00 bits per heavy atom. The lowest BCUT2D eigenvalue weighted by Crippen LogP contribution is -2.21. The third kappa shape index (κ3) is 3.46. The van der Waals surface area contributed by atoms with Crippen LogP contribution < -0.4 is 4.72 Å². The number of hydrogen-bond acceptors (Lipinski definition) is 2. The van der Waals surface area contributed by atoms with Crippen molar-refractivity contribution in [3.8, 4) is 0 Å². The van der Waals surface area contributed by atoms with Gasteiger partial charge in [0, 0.05) is 6.54 Å². The second kappa shape index (κ2) is 4.49. The molecule has 0 aromatic heterocycles. The van der Waals surface area contributed by atoms with E-state index in [1.54, 1.807) is 18.2 Å². The van der Waals surface area contributed by atoms with E-state index in [0.717, 1.165) is 6.26 Å². The van der Waals surface area contributed by atoms with Gasteiger partial charge in [0.25, 0.3) is 0 Å². The molecule has 0 aliphatic rings. The highest BCUT2D eigenvalue weighted by molar-refractivity contribution is 7.88. The number of halogens is 2. The monoisotopic (exact) mass is 253 g/mol. The third-order valence-corrected chi connectivity index (χ3v) is 3.08. The van der Waals surface area contributed by atoms with E-state index in [4.69, 9.17) is 23.2 Å². The zero-order valence-corrected chi connectivity index (χ0v) is 9.75. The Balaban J connectivity index is 2.83. The van der Waals surface area contributed by atoms with Gasteiger partial charge in [-0.2, -0.15) is 0 Å². The summed E-state index contributed by atoms with van der Waals surface area (Å²) < 4.78 is 24.0. The summed E-state index contributed by atoms with van der Waals surface area (Å²) >= 11 is 11.6. The van der Waals surface area contributed by atoms with E-state index >= 15 is 0 Å². The Bertz CT molecular complexity index is 431. The lowest BCUT2D eigenvalue weighted by atomic mass is 10.2. The van der Waals surface area contributed by atoms with Gasteiger partial charge in [-0.15, -0.1) is 0 Å². The molecule has 1 rings (SSSR count). The van der Waals surface area contributed by atoms with Crippen molar-refractivity contribution in [3.05, 3.63) is 33.8 Å². The van der Waals surface area contributed by atoms with Crippen LogP contribution in [0.5, 0.6) is 0 Å². The second-order valence-electron chi connectivity index (χ2n) is 2.81. The van der Waals surface area contributed by atoms with E-state index < -0.39 is 10.0 Å². The lowest BCUT2D eigenvalue weighted by molar-refractivity contribution is 0.587. The van der Waals surface area contributed by atoms with Crippen LogP contribution in [0.3, 0.4) is 0 Å². The first-order valence-corrected chi connectivity index (χ1v) is 6.42. The first-order valence-electron chi connectivity index (χ1n) is 3.77. The van der Waals surface area contributed by atoms with Gasteiger partial charge in [-0.3, -0.25) is 0 Å². The van der Waals surface area contributed by atoms with Gasteiger partial charge in [0.15, 0.2) is 0 Å². The zero-order valence-electron chi connectivity index (χ0n) is 7.42. The van der Waals surface area contributed by atoms with Gasteiger partial charge in [-0.1, -0.05) is 35.3 Å². The van der Waals surface area contributed by atoms with Crippen molar-refractivity contribution >= 4 is 33.2 Å². The van der Waals surface area contributed by atoms with Crippen LogP contribution in [-0.2, 0) is 16.6 Å². The fourth-order valence-corrected chi connectivity index (χ4v) is 1.70. The van der Waals surface area contributed by atoms with Crippen LogP contribution in [0.25, 0.3) is 0 Å². The molecule has 1 aromatic carbocycles. The van der Waals surface area contributed by atoms with Gasteiger partial charge >= 0.3 is 0 Å². The molecule has 78 valence electrons. The van der Waals surface area contributed by atoms with Crippen molar-refractivity contribution in [1.82, 2.24) is 4.72 Å². The highest BCUT2D eigenvalue weighted by atomic mass is 35.5. The van der Waals surface area contributed by atoms with Crippen LogP contribution in [-0.4, -0.2) is 14.7 Å². The maximum Gasteiger partial charge on any atom is 0.209 e. The van der Waals surface area contributed by atoms with Crippen molar-refractivity contribution in [1.29, 1.82) is 0 Å². The molecule has 0 heterocycles. The molecule has 6 heteroatoms. The summed E-state index contributed by atoms with van der Waals surface area (Å²) in [6, 6.07) is 5.08. The Morgan fingerprint density at radius 3 is 2.57 bits per heavy atom. The summed E-state index contributed by atoms with van der Waals surface area (Å²) in [5, 5.41) is 0.796. The molecule has 3 nitrogen and oxygen atoms in total. The van der Waals surface area contributed by atoms with Crippen molar-refractivity contribution in [2.75, 3.05) is 6.26 Å². The summed E-state index contributed by atoms with van der Waals surface area (Å²) in [4.78, 5) is 0. The van der Waals surface area contributed by atoms with Gasteiger partial charge < -0.3 is 0 Å². The average molecular weight is 254 g/mol. The van der Waals surface area contributed by atoms with Crippen molar-refractivity contribution in [3.63, 3.8) is 0 Å². The molecular weight excluding hydrogens is 245 g/mol. The molecule has 0 atom stereocenters. The highest BCUT2D eigenvalue weighted by Crippen LogP contribution is 2.25. The number of nitrogens with one attached hydrogen (secondary N) is 1. The Morgan fingerprint density at radius 1 is 1.36 bits per heavy atom. The van der Waals surface area contributed by atoms with Gasteiger partial charge in [0.2, 0.25) is 10.0 Å². The van der Waals surface area contributed by atoms with Crippen molar-refractivity contribution in [2.24, 2.45) is 0 Å². The van der Waals surface area contributed by atoms with E-state index in [9.17, 15) is 8.42 Å². The predicted octanol–water partition coefficient (Wildman–Crippen LogP) is 2.04. The van der Waals surface area contributed by atoms with Crippen LogP contribution in [0.2, 0.25) is 10.0 Å². The van der Waals surface area contributed by atoms with Gasteiger partial charge in [-0.25, -0.2) is 13.1 Å². The quantitative estimate of drug-likeness (QED) is 0.897.